The second-order valence-electron chi connectivity index (χ2n) is 2.75. The maximum Gasteiger partial charge on any atom is 0.0992 e. The molecule has 0 bridgehead atoms. The molecule has 0 aliphatic heterocycles. The number of fused-ring (bicyclic) bond motifs is 1. The maximum atomic E-state index is 8.74. The van der Waals surface area contributed by atoms with Gasteiger partial charge in [0.05, 0.1) is 17.1 Å². The fraction of sp³-hybridized carbons (Fsp3) is 0. The summed E-state index contributed by atoms with van der Waals surface area (Å²) in [6.07, 6.45) is 1.75. The molecule has 0 aliphatic carbocycles. The van der Waals surface area contributed by atoms with Gasteiger partial charge in [-0.3, -0.25) is 4.98 Å². The summed E-state index contributed by atoms with van der Waals surface area (Å²) < 4.78 is 0. The molecule has 2 aromatic rings. The standard InChI is InChI=1S/C10H7N2P/c11-6-7-4-8-2-1-3-12-10(8)9(13)5-7/h1-5H,13H2. The van der Waals surface area contributed by atoms with E-state index in [1.807, 2.05) is 24.3 Å². The molecule has 0 amide bonds. The molecule has 0 N–H and O–H groups in total. The van der Waals surface area contributed by atoms with E-state index in [9.17, 15) is 0 Å². The molecule has 1 atom stereocenters. The zero-order valence-electron chi connectivity index (χ0n) is 6.86. The topological polar surface area (TPSA) is 36.7 Å². The van der Waals surface area contributed by atoms with Gasteiger partial charge in [-0.2, -0.15) is 5.26 Å². The molecule has 1 heterocycles. The summed E-state index contributed by atoms with van der Waals surface area (Å²) in [5.41, 5.74) is 1.61. The molecule has 1 unspecified atom stereocenters. The molecule has 13 heavy (non-hydrogen) atoms. The average molecular weight is 186 g/mol. The van der Waals surface area contributed by atoms with E-state index < -0.39 is 0 Å². The van der Waals surface area contributed by atoms with E-state index in [1.54, 1.807) is 6.20 Å². The van der Waals surface area contributed by atoms with Gasteiger partial charge in [0.25, 0.3) is 0 Å². The van der Waals surface area contributed by atoms with Gasteiger partial charge < -0.3 is 0 Å². The Bertz CT molecular complexity index is 500. The summed E-state index contributed by atoms with van der Waals surface area (Å²) in [5, 5.41) is 10.7. The first kappa shape index (κ1) is 8.16. The van der Waals surface area contributed by atoms with Crippen LogP contribution in [0.3, 0.4) is 0 Å². The van der Waals surface area contributed by atoms with Gasteiger partial charge in [0.2, 0.25) is 0 Å². The van der Waals surface area contributed by atoms with Crippen molar-refractivity contribution >= 4 is 25.4 Å². The van der Waals surface area contributed by atoms with Gasteiger partial charge >= 0.3 is 0 Å². The Hall–Kier alpha value is -1.45. The number of nitrogens with zero attached hydrogens (tertiary/aromatic N) is 2. The second kappa shape index (κ2) is 3.12. The third-order valence-corrected chi connectivity index (χ3v) is 2.30. The van der Waals surface area contributed by atoms with Crippen molar-refractivity contribution in [2.24, 2.45) is 0 Å². The van der Waals surface area contributed by atoms with Gasteiger partial charge in [0.1, 0.15) is 0 Å². The Morgan fingerprint density at radius 3 is 3.00 bits per heavy atom. The minimum atomic E-state index is 0.672. The lowest BCUT2D eigenvalue weighted by Gasteiger charge is -2.00. The van der Waals surface area contributed by atoms with Crippen LogP contribution in [0.4, 0.5) is 0 Å². The fourth-order valence-electron chi connectivity index (χ4n) is 1.29. The predicted molar refractivity (Wildman–Crippen MR) is 55.8 cm³/mol. The monoisotopic (exact) mass is 186 g/mol. The SMILES string of the molecule is N#Cc1cc(P)c2ncccc2c1. The minimum absolute atomic E-state index is 0.672. The molecule has 0 fully saturated rings. The van der Waals surface area contributed by atoms with Crippen molar-refractivity contribution in [3.63, 3.8) is 0 Å². The third-order valence-electron chi connectivity index (χ3n) is 1.86. The third kappa shape index (κ3) is 1.39. The van der Waals surface area contributed by atoms with E-state index in [2.05, 4.69) is 20.3 Å². The highest BCUT2D eigenvalue weighted by atomic mass is 31.0. The molecule has 2 nitrogen and oxygen atoms in total. The summed E-state index contributed by atoms with van der Waals surface area (Å²) in [6, 6.07) is 9.61. The zero-order chi connectivity index (χ0) is 9.26. The molecule has 3 heteroatoms. The van der Waals surface area contributed by atoms with Crippen molar-refractivity contribution in [3.8, 4) is 6.07 Å². The van der Waals surface area contributed by atoms with Gasteiger partial charge in [-0.15, -0.1) is 9.24 Å². The van der Waals surface area contributed by atoms with Crippen LogP contribution in [0.25, 0.3) is 10.9 Å². The van der Waals surface area contributed by atoms with E-state index in [0.717, 1.165) is 16.2 Å². The number of rotatable bonds is 0. The molecule has 1 aromatic heterocycles. The first-order chi connectivity index (χ1) is 6.31. The first-order valence-electron chi connectivity index (χ1n) is 3.85. The normalized spacial score (nSPS) is 9.85. The van der Waals surface area contributed by atoms with Crippen molar-refractivity contribution in [2.75, 3.05) is 0 Å². The van der Waals surface area contributed by atoms with Gasteiger partial charge in [0, 0.05) is 11.6 Å². The van der Waals surface area contributed by atoms with E-state index in [4.69, 9.17) is 5.26 Å². The van der Waals surface area contributed by atoms with E-state index >= 15 is 0 Å². The van der Waals surface area contributed by atoms with E-state index in [0.29, 0.717) is 5.56 Å². The van der Waals surface area contributed by atoms with Gasteiger partial charge in [-0.1, -0.05) is 6.07 Å². The molecule has 0 aliphatic rings. The smallest absolute Gasteiger partial charge is 0.0992 e. The molecular formula is C10H7N2P. The Kier molecular flexibility index (Phi) is 1.96. The first-order valence-corrected chi connectivity index (χ1v) is 4.43. The van der Waals surface area contributed by atoms with Crippen LogP contribution < -0.4 is 5.30 Å². The quantitative estimate of drug-likeness (QED) is 0.586. The summed E-state index contributed by atoms with van der Waals surface area (Å²) in [7, 11) is 2.59. The molecule has 2 rings (SSSR count). The van der Waals surface area contributed by atoms with E-state index in [1.165, 1.54) is 0 Å². The van der Waals surface area contributed by atoms with Crippen LogP contribution in [0.1, 0.15) is 5.56 Å². The van der Waals surface area contributed by atoms with Crippen LogP contribution >= 0.6 is 9.24 Å². The molecule has 0 saturated heterocycles. The van der Waals surface area contributed by atoms with Crippen LogP contribution in [0.15, 0.2) is 30.5 Å². The van der Waals surface area contributed by atoms with Gasteiger partial charge in [-0.05, 0) is 23.5 Å². The van der Waals surface area contributed by atoms with Gasteiger partial charge in [-0.25, -0.2) is 0 Å². The summed E-state index contributed by atoms with van der Waals surface area (Å²) in [5.74, 6) is 0. The Morgan fingerprint density at radius 2 is 2.23 bits per heavy atom. The number of aromatic nitrogens is 1. The van der Waals surface area contributed by atoms with Crippen molar-refractivity contribution in [1.29, 1.82) is 5.26 Å². The number of benzene rings is 1. The lowest BCUT2D eigenvalue weighted by Crippen LogP contribution is -1.96. The molecule has 0 spiro atoms. The van der Waals surface area contributed by atoms with Crippen LogP contribution in [-0.4, -0.2) is 4.98 Å². The highest BCUT2D eigenvalue weighted by molar-refractivity contribution is 7.28. The Balaban J connectivity index is 2.86. The van der Waals surface area contributed by atoms with Crippen LogP contribution in [0.5, 0.6) is 0 Å². The van der Waals surface area contributed by atoms with Crippen molar-refractivity contribution in [1.82, 2.24) is 4.98 Å². The minimum Gasteiger partial charge on any atom is -0.256 e. The number of hydrogen-bond acceptors (Lipinski definition) is 2. The highest BCUT2D eigenvalue weighted by Crippen LogP contribution is 2.12. The Morgan fingerprint density at radius 1 is 1.38 bits per heavy atom. The number of nitriles is 1. The molecule has 0 radical (unpaired) electrons. The summed E-state index contributed by atoms with van der Waals surface area (Å²) >= 11 is 0. The fourth-order valence-corrected chi connectivity index (χ4v) is 1.71. The van der Waals surface area contributed by atoms with Crippen molar-refractivity contribution in [2.45, 2.75) is 0 Å². The maximum absolute atomic E-state index is 8.74. The van der Waals surface area contributed by atoms with Crippen molar-refractivity contribution < 1.29 is 0 Å². The predicted octanol–water partition coefficient (Wildman–Crippen LogP) is 1.61. The van der Waals surface area contributed by atoms with Crippen LogP contribution in [0, 0.1) is 11.3 Å². The number of hydrogen-bond donors (Lipinski definition) is 0. The second-order valence-corrected chi connectivity index (χ2v) is 3.37. The number of pyridine rings is 1. The molecule has 1 aromatic carbocycles. The van der Waals surface area contributed by atoms with E-state index in [-0.39, 0.29) is 0 Å². The van der Waals surface area contributed by atoms with Gasteiger partial charge in [0.15, 0.2) is 0 Å². The molecule has 0 saturated carbocycles. The molecular weight excluding hydrogens is 179 g/mol. The zero-order valence-corrected chi connectivity index (χ0v) is 8.01. The van der Waals surface area contributed by atoms with Crippen LogP contribution in [0.2, 0.25) is 0 Å². The summed E-state index contributed by atoms with van der Waals surface area (Å²) in [4.78, 5) is 4.23. The largest absolute Gasteiger partial charge is 0.256 e. The molecule has 62 valence electrons. The lowest BCUT2D eigenvalue weighted by molar-refractivity contribution is 1.42. The summed E-state index contributed by atoms with van der Waals surface area (Å²) in [6.45, 7) is 0. The lowest BCUT2D eigenvalue weighted by atomic mass is 10.1. The van der Waals surface area contributed by atoms with Crippen molar-refractivity contribution in [3.05, 3.63) is 36.0 Å². The Labute approximate surface area is 78.4 Å². The highest BCUT2D eigenvalue weighted by Gasteiger charge is 2.00. The average Bonchev–Trinajstić information content (AvgIpc) is 2.18. The van der Waals surface area contributed by atoms with Crippen LogP contribution in [-0.2, 0) is 0 Å².